The number of carbonyl (C=O) groups is 1. The summed E-state index contributed by atoms with van der Waals surface area (Å²) in [5, 5.41) is 3.28. The average Bonchev–Trinajstić information content (AvgIpc) is 2.85. The fraction of sp³-hybridized carbons (Fsp3) is 0.917. The number of carbonyl (C=O) groups excluding carboxylic acids is 1. The summed E-state index contributed by atoms with van der Waals surface area (Å²) >= 11 is 2.02. The monoisotopic (exact) mass is 242 g/mol. The Balaban J connectivity index is 1.94. The van der Waals surface area contributed by atoms with Gasteiger partial charge in [0, 0.05) is 19.1 Å². The summed E-state index contributed by atoms with van der Waals surface area (Å²) in [6, 6.07) is 0.513. The molecule has 2 aliphatic heterocycles. The first-order valence-corrected chi connectivity index (χ1v) is 7.57. The normalized spacial score (nSPS) is 26.9. The molecule has 1 N–H and O–H groups in total. The Morgan fingerprint density at radius 3 is 2.69 bits per heavy atom. The van der Waals surface area contributed by atoms with Crippen LogP contribution < -0.4 is 5.32 Å². The molecule has 0 aliphatic carbocycles. The standard InChI is InChI=1S/C12H22N2OS/c1-2-14(11-4-7-16-8-5-11)12(15)10-3-6-13-9-10/h10-11,13H,2-9H2,1H3. The second-order valence-electron chi connectivity index (χ2n) is 4.66. The first-order chi connectivity index (χ1) is 7.83. The van der Waals surface area contributed by atoms with Gasteiger partial charge >= 0.3 is 0 Å². The van der Waals surface area contributed by atoms with Crippen LogP contribution in [-0.2, 0) is 4.79 Å². The number of hydrogen-bond acceptors (Lipinski definition) is 3. The molecule has 0 aromatic heterocycles. The van der Waals surface area contributed by atoms with Gasteiger partial charge in [0.15, 0.2) is 0 Å². The topological polar surface area (TPSA) is 32.3 Å². The molecule has 4 heteroatoms. The molecule has 0 radical (unpaired) electrons. The molecular formula is C12H22N2OS. The molecule has 1 atom stereocenters. The summed E-state index contributed by atoms with van der Waals surface area (Å²) in [4.78, 5) is 14.5. The van der Waals surface area contributed by atoms with Crippen molar-refractivity contribution in [2.45, 2.75) is 32.2 Å². The molecule has 2 heterocycles. The number of nitrogens with zero attached hydrogens (tertiary/aromatic N) is 1. The second kappa shape index (κ2) is 5.92. The average molecular weight is 242 g/mol. The third-order valence-electron chi connectivity index (χ3n) is 3.66. The summed E-state index contributed by atoms with van der Waals surface area (Å²) in [6.45, 7) is 4.89. The van der Waals surface area contributed by atoms with E-state index in [-0.39, 0.29) is 5.92 Å². The first-order valence-electron chi connectivity index (χ1n) is 6.42. The summed E-state index contributed by atoms with van der Waals surface area (Å²) < 4.78 is 0. The lowest BCUT2D eigenvalue weighted by Gasteiger charge is -2.35. The minimum Gasteiger partial charge on any atom is -0.340 e. The van der Waals surface area contributed by atoms with Gasteiger partial charge in [0.05, 0.1) is 5.92 Å². The van der Waals surface area contributed by atoms with E-state index < -0.39 is 0 Å². The maximum absolute atomic E-state index is 12.4. The van der Waals surface area contributed by atoms with Crippen molar-refractivity contribution >= 4 is 17.7 Å². The van der Waals surface area contributed by atoms with Gasteiger partial charge in [-0.3, -0.25) is 4.79 Å². The van der Waals surface area contributed by atoms with E-state index in [2.05, 4.69) is 17.1 Å². The minimum absolute atomic E-state index is 0.245. The Morgan fingerprint density at radius 1 is 1.38 bits per heavy atom. The van der Waals surface area contributed by atoms with Gasteiger partial charge in [-0.2, -0.15) is 11.8 Å². The van der Waals surface area contributed by atoms with E-state index in [0.29, 0.717) is 11.9 Å². The number of hydrogen-bond donors (Lipinski definition) is 1. The molecule has 0 bridgehead atoms. The largest absolute Gasteiger partial charge is 0.340 e. The third-order valence-corrected chi connectivity index (χ3v) is 4.71. The Hall–Kier alpha value is -0.220. The highest BCUT2D eigenvalue weighted by Gasteiger charge is 2.30. The van der Waals surface area contributed by atoms with E-state index in [9.17, 15) is 4.79 Å². The fourth-order valence-corrected chi connectivity index (χ4v) is 3.77. The van der Waals surface area contributed by atoms with Crippen molar-refractivity contribution in [2.75, 3.05) is 31.1 Å². The second-order valence-corrected chi connectivity index (χ2v) is 5.88. The molecular weight excluding hydrogens is 220 g/mol. The van der Waals surface area contributed by atoms with Crippen LogP contribution in [0.1, 0.15) is 26.2 Å². The number of thioether (sulfide) groups is 1. The minimum atomic E-state index is 0.245. The van der Waals surface area contributed by atoms with Gasteiger partial charge in [0.1, 0.15) is 0 Å². The van der Waals surface area contributed by atoms with Crippen molar-refractivity contribution < 1.29 is 4.79 Å². The van der Waals surface area contributed by atoms with Crippen molar-refractivity contribution in [2.24, 2.45) is 5.92 Å². The molecule has 0 spiro atoms. The molecule has 3 nitrogen and oxygen atoms in total. The Labute approximate surface area is 102 Å². The van der Waals surface area contributed by atoms with Crippen molar-refractivity contribution in [1.82, 2.24) is 10.2 Å². The molecule has 0 aromatic rings. The van der Waals surface area contributed by atoms with Crippen LogP contribution in [-0.4, -0.2) is 48.0 Å². The highest BCUT2D eigenvalue weighted by atomic mass is 32.2. The van der Waals surface area contributed by atoms with E-state index in [4.69, 9.17) is 0 Å². The highest BCUT2D eigenvalue weighted by Crippen LogP contribution is 2.24. The van der Waals surface area contributed by atoms with Gasteiger partial charge in [-0.15, -0.1) is 0 Å². The summed E-state index contributed by atoms with van der Waals surface area (Å²) in [5.41, 5.74) is 0. The predicted molar refractivity (Wildman–Crippen MR) is 68.7 cm³/mol. The van der Waals surface area contributed by atoms with Crippen LogP contribution in [0, 0.1) is 5.92 Å². The van der Waals surface area contributed by atoms with Gasteiger partial charge in [-0.05, 0) is 44.2 Å². The SMILES string of the molecule is CCN(C(=O)C1CCNC1)C1CCSCC1. The highest BCUT2D eigenvalue weighted by molar-refractivity contribution is 7.99. The molecule has 0 saturated carbocycles. The van der Waals surface area contributed by atoms with E-state index in [0.717, 1.165) is 26.1 Å². The zero-order chi connectivity index (χ0) is 11.4. The van der Waals surface area contributed by atoms with Gasteiger partial charge in [-0.25, -0.2) is 0 Å². The Morgan fingerprint density at radius 2 is 2.12 bits per heavy atom. The maximum Gasteiger partial charge on any atom is 0.227 e. The first kappa shape index (κ1) is 12.2. The van der Waals surface area contributed by atoms with Crippen molar-refractivity contribution in [1.29, 1.82) is 0 Å². The van der Waals surface area contributed by atoms with Crippen molar-refractivity contribution in [3.8, 4) is 0 Å². The summed E-state index contributed by atoms with van der Waals surface area (Å²) in [5.74, 6) is 3.08. The number of amides is 1. The van der Waals surface area contributed by atoms with E-state index in [1.54, 1.807) is 0 Å². The fourth-order valence-electron chi connectivity index (χ4n) is 2.69. The van der Waals surface area contributed by atoms with E-state index in [1.165, 1.54) is 24.3 Å². The van der Waals surface area contributed by atoms with Crippen molar-refractivity contribution in [3.63, 3.8) is 0 Å². The van der Waals surface area contributed by atoms with Crippen LogP contribution in [0.2, 0.25) is 0 Å². The van der Waals surface area contributed by atoms with Crippen LogP contribution in [0.3, 0.4) is 0 Å². The van der Waals surface area contributed by atoms with Gasteiger partial charge in [-0.1, -0.05) is 0 Å². The van der Waals surface area contributed by atoms with Gasteiger partial charge in [0.25, 0.3) is 0 Å². The van der Waals surface area contributed by atoms with Gasteiger partial charge < -0.3 is 10.2 Å². The van der Waals surface area contributed by atoms with E-state index >= 15 is 0 Å². The zero-order valence-electron chi connectivity index (χ0n) is 10.1. The van der Waals surface area contributed by atoms with Crippen LogP contribution in [0.5, 0.6) is 0 Å². The Kier molecular flexibility index (Phi) is 4.53. The van der Waals surface area contributed by atoms with Crippen molar-refractivity contribution in [3.05, 3.63) is 0 Å². The van der Waals surface area contributed by atoms with E-state index in [1.807, 2.05) is 11.8 Å². The lowest BCUT2D eigenvalue weighted by atomic mass is 10.0. The molecule has 2 aliphatic rings. The molecule has 1 amide bonds. The molecule has 2 rings (SSSR count). The molecule has 2 fully saturated rings. The predicted octanol–water partition coefficient (Wildman–Crippen LogP) is 1.34. The number of nitrogens with one attached hydrogen (secondary N) is 1. The maximum atomic E-state index is 12.4. The molecule has 92 valence electrons. The molecule has 0 aromatic carbocycles. The quantitative estimate of drug-likeness (QED) is 0.810. The molecule has 16 heavy (non-hydrogen) atoms. The summed E-state index contributed by atoms with van der Waals surface area (Å²) in [6.07, 6.45) is 3.39. The molecule has 2 saturated heterocycles. The van der Waals surface area contributed by atoms with Crippen LogP contribution in [0.15, 0.2) is 0 Å². The van der Waals surface area contributed by atoms with Crippen LogP contribution >= 0.6 is 11.8 Å². The lowest BCUT2D eigenvalue weighted by Crippen LogP contribution is -2.45. The summed E-state index contributed by atoms with van der Waals surface area (Å²) in [7, 11) is 0. The molecule has 1 unspecified atom stereocenters. The zero-order valence-corrected chi connectivity index (χ0v) is 10.9. The van der Waals surface area contributed by atoms with Crippen LogP contribution in [0.4, 0.5) is 0 Å². The third kappa shape index (κ3) is 2.72. The van der Waals surface area contributed by atoms with Gasteiger partial charge in [0.2, 0.25) is 5.91 Å². The Bertz CT molecular complexity index is 235. The smallest absolute Gasteiger partial charge is 0.227 e. The lowest BCUT2D eigenvalue weighted by molar-refractivity contribution is -0.137. The number of rotatable bonds is 3. The van der Waals surface area contributed by atoms with Crippen LogP contribution in [0.25, 0.3) is 0 Å².